The lowest BCUT2D eigenvalue weighted by Gasteiger charge is -2.44. The van der Waals surface area contributed by atoms with Crippen molar-refractivity contribution in [2.24, 2.45) is 5.92 Å². The quantitative estimate of drug-likeness (QED) is 0.598. The Kier molecular flexibility index (Phi) is 9.32. The molecule has 0 bridgehead atoms. The molecule has 0 aliphatic carbocycles. The average molecular weight is 428 g/mol. The fourth-order valence-electron chi connectivity index (χ4n) is 4.07. The van der Waals surface area contributed by atoms with Crippen molar-refractivity contribution in [1.82, 2.24) is 9.62 Å². The van der Waals surface area contributed by atoms with Crippen LogP contribution in [0.2, 0.25) is 0 Å². The molecule has 1 unspecified atom stereocenters. The van der Waals surface area contributed by atoms with Gasteiger partial charge in [0, 0.05) is 19.3 Å². The topological polar surface area (TPSA) is 91.7 Å². The van der Waals surface area contributed by atoms with Crippen molar-refractivity contribution >= 4 is 17.1 Å². The summed E-state index contributed by atoms with van der Waals surface area (Å²) in [5, 5.41) is 9.78. The van der Waals surface area contributed by atoms with Crippen LogP contribution in [0, 0.1) is 17.2 Å². The largest absolute Gasteiger partial charge is 0.444 e. The molecule has 0 aromatic rings. The minimum Gasteiger partial charge on any atom is -0.444 e. The molecule has 0 radical (unpaired) electrons. The lowest BCUT2D eigenvalue weighted by molar-refractivity contribution is -0.0540. The predicted octanol–water partition coefficient (Wildman–Crippen LogP) is 3.54. The van der Waals surface area contributed by atoms with E-state index in [9.17, 15) is 14.3 Å². The van der Waals surface area contributed by atoms with Gasteiger partial charge in [0.2, 0.25) is 0 Å². The second-order valence-electron chi connectivity index (χ2n) is 8.76. The maximum absolute atomic E-state index is 13.1. The highest BCUT2D eigenvalue weighted by Gasteiger charge is 2.53. The number of hydrogen-bond donors (Lipinski definition) is 1. The number of ether oxygens (including phenoxy) is 2. The van der Waals surface area contributed by atoms with Gasteiger partial charge in [0.05, 0.1) is 34.7 Å². The molecule has 1 aliphatic heterocycles. The van der Waals surface area contributed by atoms with Gasteiger partial charge in [-0.05, 0) is 47.5 Å². The van der Waals surface area contributed by atoms with E-state index in [0.717, 1.165) is 6.42 Å². The molecule has 0 aromatic carbocycles. The molecule has 1 N–H and O–H groups in total. The second kappa shape index (κ2) is 10.6. The van der Waals surface area contributed by atoms with E-state index < -0.39 is 46.4 Å². The number of nitrogens with zero attached hydrogens (tertiary/aromatic N) is 2. The van der Waals surface area contributed by atoms with E-state index in [2.05, 4.69) is 17.7 Å². The molecule has 29 heavy (non-hydrogen) atoms. The second-order valence-corrected chi connectivity index (χ2v) is 9.91. The Morgan fingerprint density at radius 3 is 2.45 bits per heavy atom. The van der Waals surface area contributed by atoms with Gasteiger partial charge >= 0.3 is 6.09 Å². The van der Waals surface area contributed by atoms with Gasteiger partial charge in [-0.3, -0.25) is 4.90 Å². The number of allylic oxidation sites excluding steroid dienone is 1. The third-order valence-electron chi connectivity index (χ3n) is 5.29. The van der Waals surface area contributed by atoms with Crippen LogP contribution in [-0.4, -0.2) is 57.9 Å². The van der Waals surface area contributed by atoms with Gasteiger partial charge in [-0.15, -0.1) is 0 Å². The molecule has 0 spiro atoms. The van der Waals surface area contributed by atoms with E-state index in [4.69, 9.17) is 9.47 Å². The van der Waals surface area contributed by atoms with Crippen LogP contribution >= 0.6 is 0 Å². The van der Waals surface area contributed by atoms with E-state index in [1.165, 1.54) is 4.90 Å². The van der Waals surface area contributed by atoms with E-state index in [0.29, 0.717) is 12.8 Å². The number of carbonyl (C=O) groups excluding carboxylic acids is 1. The molecule has 1 heterocycles. The van der Waals surface area contributed by atoms with Gasteiger partial charge < -0.3 is 9.47 Å². The van der Waals surface area contributed by atoms with Crippen molar-refractivity contribution in [3.05, 3.63) is 12.2 Å². The van der Waals surface area contributed by atoms with Crippen LogP contribution in [-0.2, 0) is 20.5 Å². The van der Waals surface area contributed by atoms with E-state index >= 15 is 0 Å². The van der Waals surface area contributed by atoms with Crippen LogP contribution < -0.4 is 4.72 Å². The molecule has 1 rings (SSSR count). The zero-order chi connectivity index (χ0) is 22.4. The molecule has 8 heteroatoms. The highest BCUT2D eigenvalue weighted by Crippen LogP contribution is 2.39. The smallest absolute Gasteiger partial charge is 0.411 e. The number of hydrogen-bond acceptors (Lipinski definition) is 5. The average Bonchev–Trinajstić information content (AvgIpc) is 2.96. The van der Waals surface area contributed by atoms with Gasteiger partial charge in [0.25, 0.3) is 0 Å². The van der Waals surface area contributed by atoms with Crippen molar-refractivity contribution in [1.29, 1.82) is 5.26 Å². The molecule has 1 aliphatic rings. The number of nitrogens with one attached hydrogen (secondary N) is 1. The number of amides is 1. The van der Waals surface area contributed by atoms with Crippen LogP contribution in [0.3, 0.4) is 0 Å². The molecular weight excluding hydrogens is 390 g/mol. The Morgan fingerprint density at radius 2 is 2.03 bits per heavy atom. The maximum atomic E-state index is 13.1. The fraction of sp³-hybridized carbons (Fsp3) is 0.810. The summed E-state index contributed by atoms with van der Waals surface area (Å²) in [5.74, 6) is -0.0930. The zero-order valence-corrected chi connectivity index (χ0v) is 19.8. The molecule has 6 atom stereocenters. The Bertz CT molecular complexity index is 655. The normalized spacial score (nSPS) is 26.7. The zero-order valence-electron chi connectivity index (χ0n) is 19.0. The van der Waals surface area contributed by atoms with Gasteiger partial charge in [-0.25, -0.2) is 13.7 Å². The van der Waals surface area contributed by atoms with Crippen LogP contribution in [0.5, 0.6) is 0 Å². The first-order valence-electron chi connectivity index (χ1n) is 10.1. The minimum absolute atomic E-state index is 0.0930. The van der Waals surface area contributed by atoms with Crippen LogP contribution in [0.15, 0.2) is 12.2 Å². The van der Waals surface area contributed by atoms with Gasteiger partial charge in [-0.1, -0.05) is 25.5 Å². The Labute approximate surface area is 178 Å². The summed E-state index contributed by atoms with van der Waals surface area (Å²) in [6.45, 7) is 11.3. The number of rotatable bonds is 8. The summed E-state index contributed by atoms with van der Waals surface area (Å²) in [5.41, 5.74) is -1.37. The molecular formula is C21H37N3O4S. The first kappa shape index (κ1) is 25.6. The van der Waals surface area contributed by atoms with Gasteiger partial charge in [0.1, 0.15) is 11.6 Å². The molecule has 0 aromatic heterocycles. The van der Waals surface area contributed by atoms with E-state index in [-0.39, 0.29) is 5.92 Å². The Hall–Kier alpha value is -1.43. The number of carbonyl (C=O) groups is 1. The fourth-order valence-corrected chi connectivity index (χ4v) is 4.81. The summed E-state index contributed by atoms with van der Waals surface area (Å²) in [6.07, 6.45) is 7.01. The van der Waals surface area contributed by atoms with Crippen molar-refractivity contribution in [3.8, 4) is 6.07 Å². The number of likely N-dealkylation sites (tertiary alicyclic amines) is 1. The number of nitriles is 1. The highest BCUT2D eigenvalue weighted by molar-refractivity contribution is 7.82. The summed E-state index contributed by atoms with van der Waals surface area (Å²) in [4.78, 5) is 14.7. The lowest BCUT2D eigenvalue weighted by atomic mass is 9.81. The standard InChI is InChI=1S/C21H37N3O4S/c1-9-11-15-13-16(14-22)24(19(25)28-20(3,4)5)17(15)18(23-29(8)26)21(6,27-7)12-10-2/h9,11,15-18,23H,10,12-13H2,1-8H3/b11-9-/t15-,16-,17-,18?,21+,29-/m1/s1. The first-order chi connectivity index (χ1) is 13.4. The minimum atomic E-state index is -1.34. The maximum Gasteiger partial charge on any atom is 0.411 e. The summed E-state index contributed by atoms with van der Waals surface area (Å²) in [6, 6.07) is 0.732. The van der Waals surface area contributed by atoms with Crippen LogP contribution in [0.1, 0.15) is 60.8 Å². The van der Waals surface area contributed by atoms with Crippen LogP contribution in [0.25, 0.3) is 0 Å². The van der Waals surface area contributed by atoms with Gasteiger partial charge in [-0.2, -0.15) is 5.26 Å². The first-order valence-corrected chi connectivity index (χ1v) is 11.7. The van der Waals surface area contributed by atoms with E-state index in [1.807, 2.05) is 26.0 Å². The Morgan fingerprint density at radius 1 is 1.41 bits per heavy atom. The lowest BCUT2D eigenvalue weighted by Crippen LogP contribution is -2.63. The Balaban J connectivity index is 3.55. The van der Waals surface area contributed by atoms with Gasteiger partial charge in [0.15, 0.2) is 0 Å². The predicted molar refractivity (Wildman–Crippen MR) is 115 cm³/mol. The van der Waals surface area contributed by atoms with Crippen molar-refractivity contribution in [2.75, 3.05) is 13.4 Å². The van der Waals surface area contributed by atoms with E-state index in [1.54, 1.807) is 34.1 Å². The molecule has 0 saturated carbocycles. The summed E-state index contributed by atoms with van der Waals surface area (Å²) < 4.78 is 26.9. The molecule has 7 nitrogen and oxygen atoms in total. The number of methoxy groups -OCH3 is 1. The SMILES string of the molecule is C/C=C\[C@@H]1C[C@H](C#N)N(C(=O)OC(C)(C)C)[C@H]1C(N[S@@](C)=O)[C@](C)(CCC)OC. The summed E-state index contributed by atoms with van der Waals surface area (Å²) >= 11 is 0. The molecule has 166 valence electrons. The third-order valence-corrected chi connectivity index (χ3v) is 5.87. The van der Waals surface area contributed by atoms with Crippen molar-refractivity contribution in [3.63, 3.8) is 0 Å². The highest BCUT2D eigenvalue weighted by atomic mass is 32.2. The van der Waals surface area contributed by atoms with Crippen molar-refractivity contribution in [2.45, 2.75) is 90.1 Å². The molecule has 1 amide bonds. The molecule has 1 saturated heterocycles. The van der Waals surface area contributed by atoms with Crippen LogP contribution in [0.4, 0.5) is 4.79 Å². The summed E-state index contributed by atoms with van der Waals surface area (Å²) in [7, 11) is 0.289. The third kappa shape index (κ3) is 6.53. The monoisotopic (exact) mass is 427 g/mol. The molecule has 1 fully saturated rings. The van der Waals surface area contributed by atoms with Crippen molar-refractivity contribution < 1.29 is 18.5 Å².